The molecule has 1 heterocycles. The minimum atomic E-state index is -3.34. The number of rotatable bonds is 4. The Morgan fingerprint density at radius 2 is 1.79 bits per heavy atom. The molecule has 7 nitrogen and oxygen atoms in total. The van der Waals surface area contributed by atoms with Gasteiger partial charge in [0.2, 0.25) is 5.82 Å². The van der Waals surface area contributed by atoms with E-state index < -0.39 is 15.8 Å². The zero-order valence-electron chi connectivity index (χ0n) is 12.5. The third-order valence-electron chi connectivity index (χ3n) is 3.33. The van der Waals surface area contributed by atoms with Crippen molar-refractivity contribution in [1.82, 2.24) is 10.1 Å². The molecule has 122 valence electrons. The van der Waals surface area contributed by atoms with E-state index in [1.54, 1.807) is 24.3 Å². The standard InChI is InChI=1S/C16H12N2O5S/c1-24(21,22)13-4-2-3-12(9-13)15-17-14(18-23-15)10-5-7-11(8-6-10)16(19)20/h2-9H,1H3,(H,19,20). The molecular formula is C16H12N2O5S. The van der Waals surface area contributed by atoms with Gasteiger partial charge < -0.3 is 9.63 Å². The zero-order valence-corrected chi connectivity index (χ0v) is 13.3. The van der Waals surface area contributed by atoms with Crippen LogP contribution >= 0.6 is 0 Å². The summed E-state index contributed by atoms with van der Waals surface area (Å²) in [5, 5.41) is 12.7. The third-order valence-corrected chi connectivity index (χ3v) is 4.44. The second-order valence-corrected chi connectivity index (χ2v) is 7.12. The first-order chi connectivity index (χ1) is 11.3. The second kappa shape index (κ2) is 5.89. The fraction of sp³-hybridized carbons (Fsp3) is 0.0625. The maximum absolute atomic E-state index is 11.6. The van der Waals surface area contributed by atoms with Gasteiger partial charge in [-0.2, -0.15) is 4.98 Å². The minimum Gasteiger partial charge on any atom is -0.478 e. The van der Waals surface area contributed by atoms with Crippen molar-refractivity contribution >= 4 is 15.8 Å². The van der Waals surface area contributed by atoms with E-state index in [2.05, 4.69) is 10.1 Å². The lowest BCUT2D eigenvalue weighted by molar-refractivity contribution is 0.0697. The van der Waals surface area contributed by atoms with Crippen LogP contribution in [0, 0.1) is 0 Å². The van der Waals surface area contributed by atoms with Crippen LogP contribution in [0.5, 0.6) is 0 Å². The Labute approximate surface area is 137 Å². The van der Waals surface area contributed by atoms with Gasteiger partial charge in [0.25, 0.3) is 5.89 Å². The Morgan fingerprint density at radius 1 is 1.08 bits per heavy atom. The largest absolute Gasteiger partial charge is 0.478 e. The SMILES string of the molecule is CS(=O)(=O)c1cccc(-c2nc(-c3ccc(C(=O)O)cc3)no2)c1. The number of aromatic carboxylic acids is 1. The fourth-order valence-electron chi connectivity index (χ4n) is 2.08. The van der Waals surface area contributed by atoms with E-state index >= 15 is 0 Å². The van der Waals surface area contributed by atoms with Gasteiger partial charge in [0.15, 0.2) is 9.84 Å². The lowest BCUT2D eigenvalue weighted by atomic mass is 10.1. The van der Waals surface area contributed by atoms with Crippen molar-refractivity contribution < 1.29 is 22.8 Å². The van der Waals surface area contributed by atoms with Crippen molar-refractivity contribution in [3.8, 4) is 22.8 Å². The summed E-state index contributed by atoms with van der Waals surface area (Å²) in [5.41, 5.74) is 1.23. The lowest BCUT2D eigenvalue weighted by Crippen LogP contribution is -1.96. The predicted molar refractivity (Wildman–Crippen MR) is 85.2 cm³/mol. The maximum atomic E-state index is 11.6. The van der Waals surface area contributed by atoms with E-state index in [-0.39, 0.29) is 22.2 Å². The summed E-state index contributed by atoms with van der Waals surface area (Å²) in [7, 11) is -3.34. The summed E-state index contributed by atoms with van der Waals surface area (Å²) in [6.45, 7) is 0. The van der Waals surface area contributed by atoms with Crippen LogP contribution in [0.4, 0.5) is 0 Å². The molecule has 0 atom stereocenters. The van der Waals surface area contributed by atoms with Crippen LogP contribution in [0.3, 0.4) is 0 Å². The molecule has 0 fully saturated rings. The highest BCUT2D eigenvalue weighted by Gasteiger charge is 2.14. The molecule has 1 N–H and O–H groups in total. The van der Waals surface area contributed by atoms with E-state index in [0.29, 0.717) is 11.1 Å². The number of hydrogen-bond acceptors (Lipinski definition) is 6. The molecule has 24 heavy (non-hydrogen) atoms. The van der Waals surface area contributed by atoms with Crippen molar-refractivity contribution in [2.24, 2.45) is 0 Å². The molecule has 0 saturated carbocycles. The molecule has 0 spiro atoms. The van der Waals surface area contributed by atoms with Crippen LogP contribution in [0.15, 0.2) is 57.9 Å². The van der Waals surface area contributed by atoms with Crippen molar-refractivity contribution in [3.05, 3.63) is 54.1 Å². The van der Waals surface area contributed by atoms with Gasteiger partial charge in [-0.3, -0.25) is 0 Å². The average molecular weight is 344 g/mol. The van der Waals surface area contributed by atoms with Crippen LogP contribution in [-0.4, -0.2) is 35.9 Å². The van der Waals surface area contributed by atoms with Crippen LogP contribution in [-0.2, 0) is 9.84 Å². The van der Waals surface area contributed by atoms with E-state index in [1.807, 2.05) is 0 Å². The first-order valence-electron chi connectivity index (χ1n) is 6.82. The van der Waals surface area contributed by atoms with Crippen molar-refractivity contribution in [1.29, 1.82) is 0 Å². The molecule has 0 amide bonds. The summed E-state index contributed by atoms with van der Waals surface area (Å²) >= 11 is 0. The highest BCUT2D eigenvalue weighted by atomic mass is 32.2. The van der Waals surface area contributed by atoms with E-state index in [1.165, 1.54) is 24.3 Å². The molecule has 1 aromatic heterocycles. The van der Waals surface area contributed by atoms with E-state index in [0.717, 1.165) is 6.26 Å². The van der Waals surface area contributed by atoms with Gasteiger partial charge >= 0.3 is 5.97 Å². The van der Waals surface area contributed by atoms with Gasteiger partial charge in [-0.05, 0) is 30.3 Å². The number of carboxylic acid groups (broad SMARTS) is 1. The first kappa shape index (κ1) is 15.9. The van der Waals surface area contributed by atoms with Crippen LogP contribution in [0.1, 0.15) is 10.4 Å². The number of aromatic nitrogens is 2. The van der Waals surface area contributed by atoms with Crippen LogP contribution < -0.4 is 0 Å². The quantitative estimate of drug-likeness (QED) is 0.774. The Kier molecular flexibility index (Phi) is 3.90. The summed E-state index contributed by atoms with van der Waals surface area (Å²) in [6.07, 6.45) is 1.12. The van der Waals surface area contributed by atoms with Gasteiger partial charge in [0, 0.05) is 17.4 Å². The molecule has 0 bridgehead atoms. The van der Waals surface area contributed by atoms with E-state index in [4.69, 9.17) is 9.63 Å². The minimum absolute atomic E-state index is 0.156. The normalized spacial score (nSPS) is 11.4. The van der Waals surface area contributed by atoms with Gasteiger partial charge in [0.05, 0.1) is 10.5 Å². The molecular weight excluding hydrogens is 332 g/mol. The number of sulfone groups is 1. The number of carboxylic acids is 1. The molecule has 8 heteroatoms. The molecule has 2 aromatic carbocycles. The fourth-order valence-corrected chi connectivity index (χ4v) is 2.75. The number of benzene rings is 2. The van der Waals surface area contributed by atoms with Crippen molar-refractivity contribution in [2.75, 3.05) is 6.26 Å². The number of nitrogens with zero attached hydrogens (tertiary/aromatic N) is 2. The van der Waals surface area contributed by atoms with Gasteiger partial charge in [0.1, 0.15) is 0 Å². The molecule has 3 rings (SSSR count). The van der Waals surface area contributed by atoms with Gasteiger partial charge in [-0.1, -0.05) is 23.4 Å². The summed E-state index contributed by atoms with van der Waals surface area (Å²) in [5.74, 6) is -0.558. The molecule has 0 saturated heterocycles. The molecule has 0 radical (unpaired) electrons. The molecule has 0 aliphatic carbocycles. The van der Waals surface area contributed by atoms with Crippen molar-refractivity contribution in [2.45, 2.75) is 4.90 Å². The Bertz CT molecular complexity index is 1010. The average Bonchev–Trinajstić information content (AvgIpc) is 3.04. The second-order valence-electron chi connectivity index (χ2n) is 5.11. The summed E-state index contributed by atoms with van der Waals surface area (Å²) < 4.78 is 28.4. The Morgan fingerprint density at radius 3 is 2.42 bits per heavy atom. The van der Waals surface area contributed by atoms with E-state index in [9.17, 15) is 13.2 Å². The van der Waals surface area contributed by atoms with Gasteiger partial charge in [-0.25, -0.2) is 13.2 Å². The van der Waals surface area contributed by atoms with Crippen LogP contribution in [0.25, 0.3) is 22.8 Å². The summed E-state index contributed by atoms with van der Waals surface area (Å²) in [4.78, 5) is 15.2. The highest BCUT2D eigenvalue weighted by molar-refractivity contribution is 7.90. The highest BCUT2D eigenvalue weighted by Crippen LogP contribution is 2.24. The topological polar surface area (TPSA) is 110 Å². The first-order valence-corrected chi connectivity index (χ1v) is 8.72. The van der Waals surface area contributed by atoms with Gasteiger partial charge in [-0.15, -0.1) is 0 Å². The Balaban J connectivity index is 1.95. The predicted octanol–water partition coefficient (Wildman–Crippen LogP) is 2.51. The molecule has 3 aromatic rings. The molecule has 0 aliphatic rings. The molecule has 0 aliphatic heterocycles. The monoisotopic (exact) mass is 344 g/mol. The Hall–Kier alpha value is -3.00. The molecule has 0 unspecified atom stereocenters. The maximum Gasteiger partial charge on any atom is 0.335 e. The third kappa shape index (κ3) is 3.18. The number of carbonyl (C=O) groups is 1. The lowest BCUT2D eigenvalue weighted by Gasteiger charge is -1.99. The zero-order chi connectivity index (χ0) is 17.3. The van der Waals surface area contributed by atoms with Crippen molar-refractivity contribution in [3.63, 3.8) is 0 Å². The smallest absolute Gasteiger partial charge is 0.335 e. The summed E-state index contributed by atoms with van der Waals surface area (Å²) in [6, 6.07) is 12.2. The number of hydrogen-bond donors (Lipinski definition) is 1. The van der Waals surface area contributed by atoms with Crippen LogP contribution in [0.2, 0.25) is 0 Å².